The van der Waals surface area contributed by atoms with Crippen molar-refractivity contribution in [3.05, 3.63) is 69.8 Å². The first-order chi connectivity index (χ1) is 16.6. The molecule has 2 heterocycles. The Morgan fingerprint density at radius 3 is 2.50 bits per heavy atom. The molecule has 174 valence electrons. The number of fused-ring (bicyclic) bond motifs is 1. The zero-order chi connectivity index (χ0) is 23.7. The van der Waals surface area contributed by atoms with Gasteiger partial charge in [0.1, 0.15) is 16.3 Å². The maximum atomic E-state index is 13.6. The van der Waals surface area contributed by atoms with Crippen molar-refractivity contribution in [3.63, 3.8) is 0 Å². The molecule has 0 aliphatic heterocycles. The largest absolute Gasteiger partial charge is 0.497 e. The zero-order valence-corrected chi connectivity index (χ0v) is 20.4. The van der Waals surface area contributed by atoms with Gasteiger partial charge in [0.25, 0.3) is 5.56 Å². The molecule has 0 unspecified atom stereocenters. The van der Waals surface area contributed by atoms with Gasteiger partial charge in [-0.3, -0.25) is 14.2 Å². The molecule has 34 heavy (non-hydrogen) atoms. The molecule has 0 saturated heterocycles. The number of ether oxygens (including phenoxy) is 2. The molecule has 1 aliphatic rings. The number of hydrogen-bond donors (Lipinski definition) is 1. The molecule has 1 aliphatic carbocycles. The number of benzene rings is 2. The monoisotopic (exact) mass is 493 g/mol. The molecule has 0 bridgehead atoms. The molecule has 5 rings (SSSR count). The highest BCUT2D eigenvalue weighted by Gasteiger charge is 2.29. The van der Waals surface area contributed by atoms with Gasteiger partial charge in [-0.2, -0.15) is 0 Å². The van der Waals surface area contributed by atoms with Crippen molar-refractivity contribution in [2.24, 2.45) is 0 Å². The van der Waals surface area contributed by atoms with Crippen molar-refractivity contribution >= 4 is 44.9 Å². The fourth-order valence-electron chi connectivity index (χ4n) is 3.80. The Labute approximate surface area is 204 Å². The van der Waals surface area contributed by atoms with E-state index in [9.17, 15) is 9.59 Å². The molecule has 0 spiro atoms. The van der Waals surface area contributed by atoms with E-state index in [0.29, 0.717) is 33.6 Å². The van der Waals surface area contributed by atoms with Gasteiger partial charge in [0.05, 0.1) is 31.0 Å². The molecule has 1 amide bonds. The van der Waals surface area contributed by atoms with Crippen LogP contribution in [0.5, 0.6) is 11.5 Å². The number of amides is 1. The molecular formula is C25H23N3O4S2. The van der Waals surface area contributed by atoms with Gasteiger partial charge >= 0.3 is 0 Å². The second kappa shape index (κ2) is 9.52. The maximum absolute atomic E-state index is 13.6. The topological polar surface area (TPSA) is 82.5 Å². The van der Waals surface area contributed by atoms with E-state index >= 15 is 0 Å². The number of rotatable bonds is 8. The summed E-state index contributed by atoms with van der Waals surface area (Å²) in [6.45, 7) is 0. The minimum atomic E-state index is -0.223. The van der Waals surface area contributed by atoms with Gasteiger partial charge in [-0.15, -0.1) is 11.3 Å². The summed E-state index contributed by atoms with van der Waals surface area (Å²) in [5.41, 5.74) is 2.32. The summed E-state index contributed by atoms with van der Waals surface area (Å²) < 4.78 is 12.2. The van der Waals surface area contributed by atoms with Crippen molar-refractivity contribution < 1.29 is 14.3 Å². The van der Waals surface area contributed by atoms with Crippen LogP contribution in [-0.4, -0.2) is 35.4 Å². The van der Waals surface area contributed by atoms with Gasteiger partial charge in [0, 0.05) is 23.9 Å². The van der Waals surface area contributed by atoms with E-state index in [2.05, 4.69) is 10.7 Å². The van der Waals surface area contributed by atoms with Gasteiger partial charge in [-0.25, -0.2) is 4.98 Å². The van der Waals surface area contributed by atoms with Crippen LogP contribution in [0.3, 0.4) is 0 Å². The lowest BCUT2D eigenvalue weighted by atomic mass is 10.1. The first-order valence-electron chi connectivity index (χ1n) is 10.8. The van der Waals surface area contributed by atoms with Crippen LogP contribution < -0.4 is 20.3 Å². The molecule has 1 fully saturated rings. The lowest BCUT2D eigenvalue weighted by Gasteiger charge is -2.13. The van der Waals surface area contributed by atoms with Crippen LogP contribution >= 0.6 is 23.1 Å². The summed E-state index contributed by atoms with van der Waals surface area (Å²) in [6, 6.07) is 14.6. The number of methoxy groups -OCH3 is 2. The third kappa shape index (κ3) is 4.53. The minimum absolute atomic E-state index is 0.0835. The lowest BCUT2D eigenvalue weighted by molar-refractivity contribution is -0.113. The summed E-state index contributed by atoms with van der Waals surface area (Å²) in [4.78, 5) is 31.9. The number of aromatic nitrogens is 2. The lowest BCUT2D eigenvalue weighted by Crippen LogP contribution is -2.23. The van der Waals surface area contributed by atoms with Gasteiger partial charge in [-0.05, 0) is 41.8 Å². The van der Waals surface area contributed by atoms with Crippen molar-refractivity contribution in [3.8, 4) is 17.2 Å². The van der Waals surface area contributed by atoms with E-state index in [1.165, 1.54) is 23.1 Å². The number of carbonyl (C=O) groups is 1. The average molecular weight is 494 g/mol. The molecule has 2 aromatic heterocycles. The second-order valence-electron chi connectivity index (χ2n) is 7.95. The number of nitrogens with zero attached hydrogens (tertiary/aromatic N) is 2. The number of para-hydroxylation sites is 1. The van der Waals surface area contributed by atoms with Gasteiger partial charge in [0.15, 0.2) is 5.16 Å². The van der Waals surface area contributed by atoms with Gasteiger partial charge in [-0.1, -0.05) is 30.0 Å². The van der Waals surface area contributed by atoms with Crippen molar-refractivity contribution in [1.82, 2.24) is 9.55 Å². The highest BCUT2D eigenvalue weighted by Crippen LogP contribution is 2.44. The predicted molar refractivity (Wildman–Crippen MR) is 136 cm³/mol. The minimum Gasteiger partial charge on any atom is -0.497 e. The maximum Gasteiger partial charge on any atom is 0.267 e. The van der Waals surface area contributed by atoms with Crippen LogP contribution in [0.4, 0.5) is 5.69 Å². The van der Waals surface area contributed by atoms with Crippen molar-refractivity contribution in [2.45, 2.75) is 23.9 Å². The fourth-order valence-corrected chi connectivity index (χ4v) is 5.67. The van der Waals surface area contributed by atoms with Crippen LogP contribution in [0.25, 0.3) is 15.9 Å². The van der Waals surface area contributed by atoms with E-state index < -0.39 is 0 Å². The van der Waals surface area contributed by atoms with E-state index in [1.807, 2.05) is 30.3 Å². The third-order valence-corrected chi connectivity index (χ3v) is 7.43. The molecule has 0 atom stereocenters. The Morgan fingerprint density at radius 1 is 1.15 bits per heavy atom. The van der Waals surface area contributed by atoms with Crippen molar-refractivity contribution in [2.75, 3.05) is 25.3 Å². The first kappa shape index (κ1) is 22.5. The van der Waals surface area contributed by atoms with Crippen molar-refractivity contribution in [1.29, 1.82) is 0 Å². The molecule has 7 nitrogen and oxygen atoms in total. The van der Waals surface area contributed by atoms with E-state index in [0.717, 1.165) is 28.9 Å². The van der Waals surface area contributed by atoms with E-state index in [-0.39, 0.29) is 17.2 Å². The Balaban J connectivity index is 1.44. The molecule has 0 radical (unpaired) electrons. The Morgan fingerprint density at radius 2 is 1.85 bits per heavy atom. The SMILES string of the molecule is COc1cc(NC(=O)CSc2nc3scc(C4CC4)c3c(=O)n2-c2ccccc2)cc(OC)c1. The summed E-state index contributed by atoms with van der Waals surface area (Å²) in [5, 5.41) is 6.12. The number of carbonyl (C=O) groups excluding carboxylic acids is 1. The van der Waals surface area contributed by atoms with Gasteiger partial charge in [0.2, 0.25) is 5.91 Å². The Hall–Kier alpha value is -3.30. The smallest absolute Gasteiger partial charge is 0.267 e. The zero-order valence-electron chi connectivity index (χ0n) is 18.7. The summed E-state index contributed by atoms with van der Waals surface area (Å²) >= 11 is 2.73. The highest BCUT2D eigenvalue weighted by molar-refractivity contribution is 7.99. The number of hydrogen-bond acceptors (Lipinski definition) is 7. The number of thioether (sulfide) groups is 1. The highest BCUT2D eigenvalue weighted by atomic mass is 32.2. The van der Waals surface area contributed by atoms with Gasteiger partial charge < -0.3 is 14.8 Å². The number of thiophene rings is 1. The van der Waals surface area contributed by atoms with Crippen LogP contribution in [0.1, 0.15) is 24.3 Å². The fraction of sp³-hybridized carbons (Fsp3) is 0.240. The third-order valence-electron chi connectivity index (χ3n) is 5.60. The number of nitrogens with one attached hydrogen (secondary N) is 1. The molecule has 2 aromatic carbocycles. The quantitative estimate of drug-likeness (QED) is 0.273. The first-order valence-corrected chi connectivity index (χ1v) is 12.7. The molecule has 1 N–H and O–H groups in total. The van der Waals surface area contributed by atoms with Crippen LogP contribution in [-0.2, 0) is 4.79 Å². The molecular weight excluding hydrogens is 470 g/mol. The van der Waals surface area contributed by atoms with E-state index in [1.54, 1.807) is 37.0 Å². The van der Waals surface area contributed by atoms with E-state index in [4.69, 9.17) is 14.5 Å². The van der Waals surface area contributed by atoms with Crippen LogP contribution in [0, 0.1) is 0 Å². The predicted octanol–water partition coefficient (Wildman–Crippen LogP) is 5.07. The normalized spacial score (nSPS) is 13.1. The van der Waals surface area contributed by atoms with Crippen LogP contribution in [0.15, 0.2) is 63.9 Å². The second-order valence-corrected chi connectivity index (χ2v) is 9.75. The molecule has 4 aromatic rings. The Kier molecular flexibility index (Phi) is 6.30. The molecule has 1 saturated carbocycles. The Bertz CT molecular complexity index is 1390. The standard InChI is InChI=1S/C25H23N3O4S2/c1-31-18-10-16(11-19(12-18)32-2)26-21(29)14-34-25-27-23-22(20(13-33-23)15-8-9-15)24(30)28(25)17-6-4-3-5-7-17/h3-7,10-13,15H,8-9,14H2,1-2H3,(H,26,29). The summed E-state index contributed by atoms with van der Waals surface area (Å²) in [7, 11) is 3.11. The summed E-state index contributed by atoms with van der Waals surface area (Å²) in [6.07, 6.45) is 2.23. The molecule has 9 heteroatoms. The summed E-state index contributed by atoms with van der Waals surface area (Å²) in [5.74, 6) is 1.48. The number of anilines is 1. The van der Waals surface area contributed by atoms with Crippen LogP contribution in [0.2, 0.25) is 0 Å². The average Bonchev–Trinajstić information content (AvgIpc) is 3.61.